The van der Waals surface area contributed by atoms with E-state index in [1.54, 1.807) is 19.4 Å². The Bertz CT molecular complexity index is 1070. The standard InChI is InChI=1S/C26H27FN2O3/c1-31-24-9-8-21(27)16-23(24)20-6-4-5-19(15-20)17-26(10-13-32-14-11-26)25(30)29-18-22-7-2-3-12-28-22/h2-9,12,15-16H,10-11,13-14,17-18H2,1H3,(H,29,30). The minimum absolute atomic E-state index is 0.0141. The molecule has 0 unspecified atom stereocenters. The highest BCUT2D eigenvalue weighted by Gasteiger charge is 2.40. The van der Waals surface area contributed by atoms with Gasteiger partial charge in [-0.3, -0.25) is 9.78 Å². The molecule has 2 heterocycles. The second-order valence-corrected chi connectivity index (χ2v) is 8.12. The van der Waals surface area contributed by atoms with Crippen molar-refractivity contribution in [1.29, 1.82) is 0 Å². The van der Waals surface area contributed by atoms with Crippen molar-refractivity contribution >= 4 is 5.91 Å². The van der Waals surface area contributed by atoms with Gasteiger partial charge in [-0.25, -0.2) is 4.39 Å². The molecule has 1 aliphatic rings. The van der Waals surface area contributed by atoms with E-state index in [9.17, 15) is 9.18 Å². The molecule has 1 N–H and O–H groups in total. The van der Waals surface area contributed by atoms with E-state index in [-0.39, 0.29) is 11.7 Å². The third kappa shape index (κ3) is 4.97. The number of carbonyl (C=O) groups is 1. The second kappa shape index (κ2) is 9.92. The minimum atomic E-state index is -0.558. The van der Waals surface area contributed by atoms with Gasteiger partial charge >= 0.3 is 0 Å². The maximum atomic E-state index is 13.9. The Hall–Kier alpha value is -3.25. The van der Waals surface area contributed by atoms with Gasteiger partial charge in [-0.1, -0.05) is 30.3 Å². The smallest absolute Gasteiger partial charge is 0.227 e. The predicted octanol–water partition coefficient (Wildman–Crippen LogP) is 4.55. The molecular weight excluding hydrogens is 407 g/mol. The van der Waals surface area contributed by atoms with Gasteiger partial charge in [0.05, 0.1) is 24.8 Å². The summed E-state index contributed by atoms with van der Waals surface area (Å²) in [6.07, 6.45) is 3.59. The van der Waals surface area contributed by atoms with Crippen LogP contribution in [0.2, 0.25) is 0 Å². The highest BCUT2D eigenvalue weighted by molar-refractivity contribution is 5.83. The van der Waals surface area contributed by atoms with E-state index in [1.165, 1.54) is 12.1 Å². The van der Waals surface area contributed by atoms with E-state index in [1.807, 2.05) is 42.5 Å². The largest absolute Gasteiger partial charge is 0.496 e. The van der Waals surface area contributed by atoms with Crippen molar-refractivity contribution in [2.24, 2.45) is 5.41 Å². The average molecular weight is 435 g/mol. The van der Waals surface area contributed by atoms with E-state index in [0.717, 1.165) is 16.8 Å². The maximum absolute atomic E-state index is 13.9. The summed E-state index contributed by atoms with van der Waals surface area (Å²) in [5.41, 5.74) is 2.83. The van der Waals surface area contributed by atoms with Gasteiger partial charge in [-0.05, 0) is 60.7 Å². The first-order chi connectivity index (χ1) is 15.6. The first kappa shape index (κ1) is 22.0. The van der Waals surface area contributed by atoms with Crippen LogP contribution in [0.3, 0.4) is 0 Å². The van der Waals surface area contributed by atoms with Gasteiger partial charge in [0.25, 0.3) is 0 Å². The van der Waals surface area contributed by atoms with Crippen LogP contribution < -0.4 is 10.1 Å². The molecule has 1 aliphatic heterocycles. The Morgan fingerprint density at radius 3 is 2.72 bits per heavy atom. The highest BCUT2D eigenvalue weighted by Crippen LogP contribution is 2.37. The molecule has 0 saturated carbocycles. The summed E-state index contributed by atoms with van der Waals surface area (Å²) in [6, 6.07) is 18.0. The number of nitrogens with one attached hydrogen (secondary N) is 1. The Labute approximate surface area is 187 Å². The maximum Gasteiger partial charge on any atom is 0.227 e. The first-order valence-corrected chi connectivity index (χ1v) is 10.8. The summed E-state index contributed by atoms with van der Waals surface area (Å²) in [4.78, 5) is 17.6. The monoisotopic (exact) mass is 434 g/mol. The molecule has 1 aromatic heterocycles. The quantitative estimate of drug-likeness (QED) is 0.593. The fraction of sp³-hybridized carbons (Fsp3) is 0.308. The molecule has 0 spiro atoms. The molecule has 166 valence electrons. The van der Waals surface area contributed by atoms with Crippen molar-refractivity contribution in [1.82, 2.24) is 10.3 Å². The van der Waals surface area contributed by atoms with Gasteiger partial charge in [-0.15, -0.1) is 0 Å². The van der Waals surface area contributed by atoms with E-state index < -0.39 is 5.41 Å². The summed E-state index contributed by atoms with van der Waals surface area (Å²) >= 11 is 0. The number of amides is 1. The zero-order valence-electron chi connectivity index (χ0n) is 18.1. The number of ether oxygens (including phenoxy) is 2. The number of aromatic nitrogens is 1. The third-order valence-electron chi connectivity index (χ3n) is 6.03. The van der Waals surface area contributed by atoms with Gasteiger partial charge in [0.15, 0.2) is 0 Å². The average Bonchev–Trinajstić information content (AvgIpc) is 2.84. The summed E-state index contributed by atoms with van der Waals surface area (Å²) in [6.45, 7) is 1.49. The van der Waals surface area contributed by atoms with Crippen LogP contribution in [0, 0.1) is 11.2 Å². The number of carbonyl (C=O) groups excluding carboxylic acids is 1. The molecule has 4 rings (SSSR count). The number of hydrogen-bond acceptors (Lipinski definition) is 4. The Balaban J connectivity index is 1.57. The predicted molar refractivity (Wildman–Crippen MR) is 121 cm³/mol. The second-order valence-electron chi connectivity index (χ2n) is 8.12. The first-order valence-electron chi connectivity index (χ1n) is 10.8. The van der Waals surface area contributed by atoms with E-state index in [0.29, 0.717) is 50.3 Å². The number of rotatable bonds is 7. The molecule has 0 bridgehead atoms. The summed E-state index contributed by atoms with van der Waals surface area (Å²) in [5.74, 6) is 0.304. The molecule has 5 nitrogen and oxygen atoms in total. The van der Waals surface area contributed by atoms with Gasteiger partial charge in [0.2, 0.25) is 5.91 Å². The summed E-state index contributed by atoms with van der Waals surface area (Å²) in [5, 5.41) is 3.08. The molecule has 1 amide bonds. The van der Waals surface area contributed by atoms with E-state index in [4.69, 9.17) is 9.47 Å². The molecule has 32 heavy (non-hydrogen) atoms. The number of hydrogen-bond donors (Lipinski definition) is 1. The molecule has 1 saturated heterocycles. The van der Waals surface area contributed by atoms with Crippen molar-refractivity contribution in [3.63, 3.8) is 0 Å². The molecule has 1 fully saturated rings. The minimum Gasteiger partial charge on any atom is -0.496 e. The van der Waals surface area contributed by atoms with Crippen molar-refractivity contribution in [3.8, 4) is 16.9 Å². The fourth-order valence-corrected chi connectivity index (χ4v) is 4.25. The number of pyridine rings is 1. The number of halogens is 1. The fourth-order valence-electron chi connectivity index (χ4n) is 4.25. The normalized spacial score (nSPS) is 15.2. The lowest BCUT2D eigenvalue weighted by Gasteiger charge is -2.36. The van der Waals surface area contributed by atoms with E-state index in [2.05, 4.69) is 10.3 Å². The topological polar surface area (TPSA) is 60.5 Å². The molecule has 0 aliphatic carbocycles. The van der Waals surface area contributed by atoms with Gasteiger partial charge in [0, 0.05) is 25.0 Å². The van der Waals surface area contributed by atoms with Gasteiger partial charge in [-0.2, -0.15) is 0 Å². The van der Waals surface area contributed by atoms with Crippen LogP contribution in [0.15, 0.2) is 66.9 Å². The van der Waals surface area contributed by atoms with Crippen LogP contribution in [0.1, 0.15) is 24.1 Å². The van der Waals surface area contributed by atoms with Crippen LogP contribution in [-0.2, 0) is 22.5 Å². The summed E-state index contributed by atoms with van der Waals surface area (Å²) in [7, 11) is 1.57. The van der Waals surface area contributed by atoms with Crippen molar-refractivity contribution in [2.45, 2.75) is 25.8 Å². The number of methoxy groups -OCH3 is 1. The SMILES string of the molecule is COc1ccc(F)cc1-c1cccc(CC2(C(=O)NCc3ccccn3)CCOCC2)c1. The molecule has 0 radical (unpaired) electrons. The summed E-state index contributed by atoms with van der Waals surface area (Å²) < 4.78 is 24.9. The Morgan fingerprint density at radius 1 is 1.12 bits per heavy atom. The van der Waals surface area contributed by atoms with Crippen molar-refractivity contribution < 1.29 is 18.7 Å². The lowest BCUT2D eigenvalue weighted by Crippen LogP contribution is -2.46. The molecular formula is C26H27FN2O3. The number of benzene rings is 2. The third-order valence-corrected chi connectivity index (χ3v) is 6.03. The zero-order chi connectivity index (χ0) is 22.4. The van der Waals surface area contributed by atoms with Crippen LogP contribution in [0.25, 0.3) is 11.1 Å². The Kier molecular flexibility index (Phi) is 6.81. The lowest BCUT2D eigenvalue weighted by atomic mass is 9.74. The van der Waals surface area contributed by atoms with Crippen LogP contribution >= 0.6 is 0 Å². The van der Waals surface area contributed by atoms with Gasteiger partial charge < -0.3 is 14.8 Å². The molecule has 0 atom stereocenters. The van der Waals surface area contributed by atoms with Gasteiger partial charge in [0.1, 0.15) is 11.6 Å². The van der Waals surface area contributed by atoms with Crippen LogP contribution in [-0.4, -0.2) is 31.2 Å². The van der Waals surface area contributed by atoms with Crippen molar-refractivity contribution in [3.05, 3.63) is 83.9 Å². The van der Waals surface area contributed by atoms with Crippen molar-refractivity contribution in [2.75, 3.05) is 20.3 Å². The molecule has 3 aromatic rings. The van der Waals surface area contributed by atoms with Crippen LogP contribution in [0.5, 0.6) is 5.75 Å². The zero-order valence-corrected chi connectivity index (χ0v) is 18.1. The number of nitrogens with zero attached hydrogens (tertiary/aromatic N) is 1. The van der Waals surface area contributed by atoms with Crippen LogP contribution in [0.4, 0.5) is 4.39 Å². The lowest BCUT2D eigenvalue weighted by molar-refractivity contribution is -0.136. The Morgan fingerprint density at radius 2 is 1.97 bits per heavy atom. The van der Waals surface area contributed by atoms with E-state index >= 15 is 0 Å². The highest BCUT2D eigenvalue weighted by atomic mass is 19.1. The molecule has 2 aromatic carbocycles. The molecule has 6 heteroatoms.